The number of aromatic nitrogens is 1. The van der Waals surface area contributed by atoms with Crippen LogP contribution in [0, 0.1) is 5.41 Å². The first-order valence-electron chi connectivity index (χ1n) is 8.28. The molecule has 1 aliphatic carbocycles. The summed E-state index contributed by atoms with van der Waals surface area (Å²) in [5.41, 5.74) is 3.17. The first-order valence-corrected chi connectivity index (χ1v) is 8.28. The van der Waals surface area contributed by atoms with E-state index in [-0.39, 0.29) is 0 Å². The highest BCUT2D eigenvalue weighted by molar-refractivity contribution is 5.52. The third kappa shape index (κ3) is 4.44. The lowest BCUT2D eigenvalue weighted by Gasteiger charge is -2.40. The van der Waals surface area contributed by atoms with Crippen molar-refractivity contribution < 1.29 is 0 Å². The van der Waals surface area contributed by atoms with Crippen LogP contribution in [0.4, 0.5) is 5.69 Å². The van der Waals surface area contributed by atoms with Gasteiger partial charge >= 0.3 is 0 Å². The van der Waals surface area contributed by atoms with Crippen molar-refractivity contribution in [2.45, 2.75) is 72.0 Å². The molecule has 0 atom stereocenters. The Hall–Kier alpha value is -1.09. The van der Waals surface area contributed by atoms with Gasteiger partial charge in [0.25, 0.3) is 0 Å². The number of rotatable bonds is 5. The summed E-state index contributed by atoms with van der Waals surface area (Å²) in [4.78, 5) is 6.79. The lowest BCUT2D eigenvalue weighted by atomic mass is 9.75. The fourth-order valence-electron chi connectivity index (χ4n) is 3.18. The molecule has 1 aromatic heterocycles. The van der Waals surface area contributed by atoms with Crippen LogP contribution in [-0.2, 0) is 6.54 Å². The predicted molar refractivity (Wildman–Crippen MR) is 90.7 cm³/mol. The van der Waals surface area contributed by atoms with Crippen LogP contribution < -0.4 is 10.2 Å². The van der Waals surface area contributed by atoms with Crippen LogP contribution in [0.5, 0.6) is 0 Å². The first kappa shape index (κ1) is 16.3. The quantitative estimate of drug-likeness (QED) is 0.888. The Morgan fingerprint density at radius 2 is 2.00 bits per heavy atom. The van der Waals surface area contributed by atoms with Crippen molar-refractivity contribution in [1.29, 1.82) is 0 Å². The average molecular weight is 289 g/mol. The van der Waals surface area contributed by atoms with Crippen molar-refractivity contribution in [2.75, 3.05) is 11.9 Å². The minimum Gasteiger partial charge on any atom is -0.371 e. The second kappa shape index (κ2) is 6.78. The number of nitrogens with one attached hydrogen (secondary N) is 1. The zero-order chi connectivity index (χ0) is 15.5. The molecule has 0 aliphatic heterocycles. The maximum Gasteiger partial charge on any atom is 0.0442 e. The zero-order valence-corrected chi connectivity index (χ0v) is 14.3. The normalized spacial score (nSPS) is 19.0. The smallest absolute Gasteiger partial charge is 0.0442 e. The molecule has 3 heteroatoms. The molecule has 1 aliphatic rings. The van der Waals surface area contributed by atoms with Gasteiger partial charge in [-0.3, -0.25) is 4.98 Å². The van der Waals surface area contributed by atoms with E-state index in [0.29, 0.717) is 17.5 Å². The second-order valence-electron chi connectivity index (χ2n) is 7.55. The summed E-state index contributed by atoms with van der Waals surface area (Å²) in [5, 5.41) is 3.51. The molecule has 1 aromatic rings. The van der Waals surface area contributed by atoms with E-state index in [0.717, 1.165) is 6.54 Å². The molecular weight excluding hydrogens is 258 g/mol. The topological polar surface area (TPSA) is 28.2 Å². The summed E-state index contributed by atoms with van der Waals surface area (Å²) in [5.74, 6) is 0. The van der Waals surface area contributed by atoms with Crippen LogP contribution in [-0.4, -0.2) is 24.1 Å². The van der Waals surface area contributed by atoms with Crippen molar-refractivity contribution in [3.05, 3.63) is 24.0 Å². The van der Waals surface area contributed by atoms with Gasteiger partial charge in [0.1, 0.15) is 0 Å². The van der Waals surface area contributed by atoms with E-state index in [4.69, 9.17) is 0 Å². The number of nitrogens with zero attached hydrogens (tertiary/aromatic N) is 2. The third-order valence-electron chi connectivity index (χ3n) is 4.81. The van der Waals surface area contributed by atoms with E-state index in [1.165, 1.54) is 36.9 Å². The molecular formula is C18H31N3. The molecule has 2 rings (SSSR count). The molecule has 1 fully saturated rings. The lowest BCUT2D eigenvalue weighted by Crippen LogP contribution is -2.38. The van der Waals surface area contributed by atoms with Gasteiger partial charge in [0.15, 0.2) is 0 Å². The van der Waals surface area contributed by atoms with Crippen LogP contribution in [0.1, 0.15) is 58.9 Å². The molecule has 0 aromatic carbocycles. The number of hydrogen-bond donors (Lipinski definition) is 1. The number of anilines is 1. The Morgan fingerprint density at radius 3 is 2.62 bits per heavy atom. The highest BCUT2D eigenvalue weighted by Gasteiger charge is 2.29. The van der Waals surface area contributed by atoms with Gasteiger partial charge in [-0.2, -0.15) is 0 Å². The zero-order valence-electron chi connectivity index (χ0n) is 14.3. The third-order valence-corrected chi connectivity index (χ3v) is 4.81. The van der Waals surface area contributed by atoms with Gasteiger partial charge in [0.2, 0.25) is 0 Å². The van der Waals surface area contributed by atoms with Gasteiger partial charge in [0, 0.05) is 49.3 Å². The van der Waals surface area contributed by atoms with Gasteiger partial charge in [-0.1, -0.05) is 27.7 Å². The first-order chi connectivity index (χ1) is 9.89. The fourth-order valence-corrected chi connectivity index (χ4v) is 3.18. The largest absolute Gasteiger partial charge is 0.371 e. The Bertz CT molecular complexity index is 444. The standard InChI is InChI=1S/C18H31N3/c1-14(2)20-13-15-12-19-11-8-17(15)21(5)16-6-9-18(3,4)10-7-16/h8,11-12,14,16,20H,6-7,9-10,13H2,1-5H3. The van der Waals surface area contributed by atoms with Crippen molar-refractivity contribution in [3.63, 3.8) is 0 Å². The monoisotopic (exact) mass is 289 g/mol. The molecule has 0 radical (unpaired) electrons. The molecule has 0 unspecified atom stereocenters. The summed E-state index contributed by atoms with van der Waals surface area (Å²) in [7, 11) is 2.25. The van der Waals surface area contributed by atoms with E-state index >= 15 is 0 Å². The second-order valence-corrected chi connectivity index (χ2v) is 7.55. The Morgan fingerprint density at radius 1 is 1.33 bits per heavy atom. The van der Waals surface area contributed by atoms with Crippen LogP contribution >= 0.6 is 0 Å². The van der Waals surface area contributed by atoms with Gasteiger partial charge < -0.3 is 10.2 Å². The van der Waals surface area contributed by atoms with E-state index in [1.807, 2.05) is 12.4 Å². The molecule has 21 heavy (non-hydrogen) atoms. The van der Waals surface area contributed by atoms with Crippen LogP contribution in [0.3, 0.4) is 0 Å². The van der Waals surface area contributed by atoms with Crippen LogP contribution in [0.2, 0.25) is 0 Å². The van der Waals surface area contributed by atoms with Gasteiger partial charge in [-0.25, -0.2) is 0 Å². The maximum absolute atomic E-state index is 4.31. The number of hydrogen-bond acceptors (Lipinski definition) is 3. The SMILES string of the molecule is CC(C)NCc1cnccc1N(C)C1CCC(C)(C)CC1. The molecule has 0 bridgehead atoms. The number of pyridine rings is 1. The Kier molecular flexibility index (Phi) is 5.26. The van der Waals surface area contributed by atoms with E-state index in [9.17, 15) is 0 Å². The molecule has 1 heterocycles. The highest BCUT2D eigenvalue weighted by Crippen LogP contribution is 2.38. The minimum atomic E-state index is 0.499. The highest BCUT2D eigenvalue weighted by atomic mass is 15.1. The summed E-state index contributed by atoms with van der Waals surface area (Å²) in [6, 6.07) is 3.33. The van der Waals surface area contributed by atoms with Gasteiger partial charge in [0.05, 0.1) is 0 Å². The molecule has 1 saturated carbocycles. The molecule has 0 amide bonds. The van der Waals surface area contributed by atoms with Crippen molar-refractivity contribution in [1.82, 2.24) is 10.3 Å². The predicted octanol–water partition coefficient (Wildman–Crippen LogP) is 3.98. The fraction of sp³-hybridized carbons (Fsp3) is 0.722. The van der Waals surface area contributed by atoms with Gasteiger partial charge in [-0.15, -0.1) is 0 Å². The molecule has 118 valence electrons. The van der Waals surface area contributed by atoms with E-state index in [1.54, 1.807) is 0 Å². The molecule has 0 spiro atoms. The van der Waals surface area contributed by atoms with Crippen molar-refractivity contribution in [3.8, 4) is 0 Å². The Labute approximate surface area is 130 Å². The van der Waals surface area contributed by atoms with Crippen molar-refractivity contribution in [2.24, 2.45) is 5.41 Å². The van der Waals surface area contributed by atoms with E-state index in [2.05, 4.69) is 56.0 Å². The van der Waals surface area contributed by atoms with Gasteiger partial charge in [-0.05, 0) is 37.2 Å². The molecule has 0 saturated heterocycles. The van der Waals surface area contributed by atoms with Crippen molar-refractivity contribution >= 4 is 5.69 Å². The maximum atomic E-state index is 4.31. The summed E-state index contributed by atoms with van der Waals surface area (Å²) in [6.45, 7) is 10.1. The summed E-state index contributed by atoms with van der Waals surface area (Å²) in [6.07, 6.45) is 9.16. The molecule has 1 N–H and O–H groups in total. The summed E-state index contributed by atoms with van der Waals surface area (Å²) >= 11 is 0. The minimum absolute atomic E-state index is 0.499. The lowest BCUT2D eigenvalue weighted by molar-refractivity contribution is 0.222. The average Bonchev–Trinajstić information content (AvgIpc) is 2.44. The van der Waals surface area contributed by atoms with E-state index < -0.39 is 0 Å². The molecule has 3 nitrogen and oxygen atoms in total. The van der Waals surface area contributed by atoms with Crippen LogP contribution in [0.25, 0.3) is 0 Å². The Balaban J connectivity index is 2.07. The summed E-state index contributed by atoms with van der Waals surface area (Å²) < 4.78 is 0. The van der Waals surface area contributed by atoms with Crippen LogP contribution in [0.15, 0.2) is 18.5 Å².